The van der Waals surface area contributed by atoms with Crippen molar-refractivity contribution < 1.29 is 0 Å². The summed E-state index contributed by atoms with van der Waals surface area (Å²) in [5, 5.41) is 7.93. The molecule has 1 atom stereocenters. The zero-order valence-electron chi connectivity index (χ0n) is 11.1. The zero-order valence-corrected chi connectivity index (χ0v) is 12.7. The molecule has 1 saturated heterocycles. The Morgan fingerprint density at radius 1 is 1.35 bits per heavy atom. The lowest BCUT2D eigenvalue weighted by Crippen LogP contribution is -2.38. The third-order valence-electron chi connectivity index (χ3n) is 3.10. The molecule has 106 valence electrons. The van der Waals surface area contributed by atoms with E-state index in [1.54, 1.807) is 29.4 Å². The van der Waals surface area contributed by atoms with Crippen molar-refractivity contribution in [2.75, 3.05) is 18.4 Å². The molecule has 0 saturated carbocycles. The summed E-state index contributed by atoms with van der Waals surface area (Å²) in [5.41, 5.74) is 1.14. The normalized spacial score (nSPS) is 18.9. The number of nitrogens with one attached hydrogen (secondary N) is 2. The van der Waals surface area contributed by atoms with Crippen molar-refractivity contribution in [2.24, 2.45) is 0 Å². The van der Waals surface area contributed by atoms with Crippen molar-refractivity contribution in [2.45, 2.75) is 28.8 Å². The van der Waals surface area contributed by atoms with Gasteiger partial charge in [0, 0.05) is 30.7 Å². The molecule has 2 aromatic heterocycles. The second-order valence-electron chi connectivity index (χ2n) is 4.71. The Morgan fingerprint density at radius 3 is 3.05 bits per heavy atom. The lowest BCUT2D eigenvalue weighted by Gasteiger charge is -2.23. The van der Waals surface area contributed by atoms with Crippen LogP contribution in [-0.4, -0.2) is 34.1 Å². The van der Waals surface area contributed by atoms with Crippen LogP contribution in [-0.2, 0) is 5.75 Å². The van der Waals surface area contributed by atoms with Gasteiger partial charge in [0.2, 0.25) is 0 Å². The minimum absolute atomic E-state index is 0.510. The highest BCUT2D eigenvalue weighted by atomic mass is 32.2. The van der Waals surface area contributed by atoms with Crippen molar-refractivity contribution in [1.29, 1.82) is 0 Å². The number of thioether (sulfide) groups is 1. The first-order chi connectivity index (χ1) is 9.90. The fourth-order valence-corrected chi connectivity index (χ4v) is 3.96. The third kappa shape index (κ3) is 3.91. The molecule has 2 aromatic rings. The summed E-state index contributed by atoms with van der Waals surface area (Å²) >= 11 is 3.49. The molecule has 1 aliphatic heterocycles. The Bertz CT molecular complexity index is 525. The molecule has 20 heavy (non-hydrogen) atoms. The summed E-state index contributed by atoms with van der Waals surface area (Å²) in [7, 11) is 0. The molecule has 0 radical (unpaired) electrons. The van der Waals surface area contributed by atoms with Crippen molar-refractivity contribution in [3.8, 4) is 0 Å². The number of hydrogen-bond donors (Lipinski definition) is 2. The van der Waals surface area contributed by atoms with E-state index in [4.69, 9.17) is 0 Å². The molecule has 3 heterocycles. The van der Waals surface area contributed by atoms with Crippen LogP contribution in [0.5, 0.6) is 0 Å². The maximum absolute atomic E-state index is 4.45. The quantitative estimate of drug-likeness (QED) is 0.827. The fourth-order valence-electron chi connectivity index (χ4n) is 2.10. The predicted molar refractivity (Wildman–Crippen MR) is 83.2 cm³/mol. The van der Waals surface area contributed by atoms with Crippen molar-refractivity contribution in [3.63, 3.8) is 0 Å². The van der Waals surface area contributed by atoms with Crippen molar-refractivity contribution in [3.05, 3.63) is 30.5 Å². The molecule has 0 aliphatic carbocycles. The van der Waals surface area contributed by atoms with Crippen LogP contribution < -0.4 is 10.6 Å². The van der Waals surface area contributed by atoms with Crippen molar-refractivity contribution in [1.82, 2.24) is 20.3 Å². The Morgan fingerprint density at radius 2 is 2.25 bits per heavy atom. The van der Waals surface area contributed by atoms with E-state index in [9.17, 15) is 0 Å². The van der Waals surface area contributed by atoms with Gasteiger partial charge in [-0.3, -0.25) is 0 Å². The van der Waals surface area contributed by atoms with Crippen LogP contribution >= 0.6 is 23.1 Å². The van der Waals surface area contributed by atoms with E-state index in [1.165, 1.54) is 17.1 Å². The highest BCUT2D eigenvalue weighted by Crippen LogP contribution is 2.30. The monoisotopic (exact) mass is 307 g/mol. The highest BCUT2D eigenvalue weighted by Gasteiger charge is 2.14. The van der Waals surface area contributed by atoms with E-state index < -0.39 is 0 Å². The largest absolute Gasteiger partial charge is 0.357 e. The summed E-state index contributed by atoms with van der Waals surface area (Å²) in [4.78, 5) is 12.5. The summed E-state index contributed by atoms with van der Waals surface area (Å²) in [6, 6.07) is 0.510. The molecule has 5 nitrogen and oxygen atoms in total. The molecule has 0 bridgehead atoms. The number of piperidine rings is 1. The Kier molecular flexibility index (Phi) is 4.83. The molecule has 0 aromatic carbocycles. The molecular weight excluding hydrogens is 290 g/mol. The second kappa shape index (κ2) is 7.01. The van der Waals surface area contributed by atoms with Crippen molar-refractivity contribution >= 4 is 28.2 Å². The Balaban J connectivity index is 1.51. The van der Waals surface area contributed by atoms with Gasteiger partial charge in [0.1, 0.15) is 6.33 Å². The SMILES string of the molecule is c1ncc(CSc2cnc(NC3CCCNC3)s2)cn1. The maximum Gasteiger partial charge on any atom is 0.183 e. The molecule has 1 aliphatic rings. The number of anilines is 1. The number of hydrogen-bond acceptors (Lipinski definition) is 7. The molecule has 7 heteroatoms. The minimum atomic E-state index is 0.510. The Hall–Kier alpha value is -1.18. The van der Waals surface area contributed by atoms with Crippen LogP contribution in [0.4, 0.5) is 5.13 Å². The minimum Gasteiger partial charge on any atom is -0.357 e. The number of aromatic nitrogens is 3. The lowest BCUT2D eigenvalue weighted by molar-refractivity contribution is 0.480. The third-order valence-corrected chi connectivity index (χ3v) is 5.30. The van der Waals surface area contributed by atoms with Gasteiger partial charge >= 0.3 is 0 Å². The first kappa shape index (κ1) is 13.8. The van der Waals surface area contributed by atoms with E-state index in [-0.39, 0.29) is 0 Å². The molecular formula is C13H17N5S2. The first-order valence-electron chi connectivity index (χ1n) is 6.70. The smallest absolute Gasteiger partial charge is 0.183 e. The number of nitrogens with zero attached hydrogens (tertiary/aromatic N) is 3. The van der Waals surface area contributed by atoms with Gasteiger partial charge in [-0.2, -0.15) is 0 Å². The average Bonchev–Trinajstić information content (AvgIpc) is 2.95. The van der Waals surface area contributed by atoms with Crippen LogP contribution in [0.1, 0.15) is 18.4 Å². The highest BCUT2D eigenvalue weighted by molar-refractivity contribution is 8.00. The molecule has 0 spiro atoms. The van der Waals surface area contributed by atoms with Crippen LogP contribution in [0, 0.1) is 0 Å². The second-order valence-corrected chi connectivity index (χ2v) is 7.01. The molecule has 1 unspecified atom stereocenters. The summed E-state index contributed by atoms with van der Waals surface area (Å²) in [6.45, 7) is 2.17. The number of thiazole rings is 1. The summed E-state index contributed by atoms with van der Waals surface area (Å²) < 4.78 is 1.22. The van der Waals surface area contributed by atoms with Gasteiger partial charge < -0.3 is 10.6 Å². The predicted octanol–water partition coefficient (Wildman–Crippen LogP) is 2.39. The van der Waals surface area contributed by atoms with E-state index in [0.29, 0.717) is 6.04 Å². The first-order valence-corrected chi connectivity index (χ1v) is 8.50. The van der Waals surface area contributed by atoms with Gasteiger partial charge in [-0.25, -0.2) is 15.0 Å². The standard InChI is InChI=1S/C13H17N5S2/c1-2-11(6-14-3-1)18-13-17-7-12(20-13)19-8-10-4-15-9-16-5-10/h4-5,7,9,11,14H,1-3,6,8H2,(H,17,18). The van der Waals surface area contributed by atoms with Gasteiger partial charge in [-0.1, -0.05) is 11.3 Å². The van der Waals surface area contributed by atoms with Gasteiger partial charge in [-0.05, 0) is 24.9 Å². The topological polar surface area (TPSA) is 62.7 Å². The van der Waals surface area contributed by atoms with Crippen LogP contribution in [0.25, 0.3) is 0 Å². The Labute approximate surface area is 126 Å². The van der Waals surface area contributed by atoms with E-state index >= 15 is 0 Å². The fraction of sp³-hybridized carbons (Fsp3) is 0.462. The molecule has 2 N–H and O–H groups in total. The van der Waals surface area contributed by atoms with Crippen LogP contribution in [0.3, 0.4) is 0 Å². The van der Waals surface area contributed by atoms with Crippen LogP contribution in [0.2, 0.25) is 0 Å². The average molecular weight is 307 g/mol. The van der Waals surface area contributed by atoms with Gasteiger partial charge in [0.05, 0.1) is 10.4 Å². The molecule has 1 fully saturated rings. The maximum atomic E-state index is 4.45. The van der Waals surface area contributed by atoms with Gasteiger partial charge in [0.25, 0.3) is 0 Å². The lowest BCUT2D eigenvalue weighted by atomic mass is 10.1. The number of rotatable bonds is 5. The van der Waals surface area contributed by atoms with E-state index in [2.05, 4.69) is 25.6 Å². The van der Waals surface area contributed by atoms with Gasteiger partial charge in [0.15, 0.2) is 5.13 Å². The van der Waals surface area contributed by atoms with Crippen LogP contribution in [0.15, 0.2) is 29.1 Å². The molecule has 3 rings (SSSR count). The van der Waals surface area contributed by atoms with E-state index in [0.717, 1.165) is 29.5 Å². The zero-order chi connectivity index (χ0) is 13.6. The molecule has 0 amide bonds. The van der Waals surface area contributed by atoms with Gasteiger partial charge in [-0.15, -0.1) is 11.8 Å². The summed E-state index contributed by atoms with van der Waals surface area (Å²) in [5.74, 6) is 0.882. The summed E-state index contributed by atoms with van der Waals surface area (Å²) in [6.07, 6.45) is 9.66. The van der Waals surface area contributed by atoms with E-state index in [1.807, 2.05) is 18.6 Å².